The van der Waals surface area contributed by atoms with Crippen LogP contribution in [0, 0.1) is 5.82 Å². The van der Waals surface area contributed by atoms with Gasteiger partial charge in [-0.3, -0.25) is 0 Å². The number of ether oxygens (including phenoxy) is 1. The highest BCUT2D eigenvalue weighted by atomic mass is 32.2. The Morgan fingerprint density at radius 2 is 2.27 bits per heavy atom. The fourth-order valence-electron chi connectivity index (χ4n) is 1.41. The van der Waals surface area contributed by atoms with Crippen LogP contribution in [0.4, 0.5) is 4.39 Å². The highest BCUT2D eigenvalue weighted by molar-refractivity contribution is 8.00. The van der Waals surface area contributed by atoms with Crippen molar-refractivity contribution in [2.24, 2.45) is 0 Å². The molecule has 15 heavy (non-hydrogen) atoms. The average Bonchev–Trinajstić information content (AvgIpc) is 2.12. The van der Waals surface area contributed by atoms with E-state index in [4.69, 9.17) is 4.74 Å². The molecule has 1 aromatic rings. The number of thioether (sulfide) groups is 1. The van der Waals surface area contributed by atoms with E-state index in [1.54, 1.807) is 24.8 Å². The highest BCUT2D eigenvalue weighted by Gasteiger charge is 2.21. The van der Waals surface area contributed by atoms with Gasteiger partial charge < -0.3 is 9.84 Å². The topological polar surface area (TPSA) is 29.5 Å². The molecule has 2 rings (SSSR count). The van der Waals surface area contributed by atoms with Crippen molar-refractivity contribution in [2.45, 2.75) is 23.2 Å². The van der Waals surface area contributed by atoms with Gasteiger partial charge in [0, 0.05) is 4.90 Å². The van der Waals surface area contributed by atoms with Gasteiger partial charge in [-0.25, -0.2) is 4.39 Å². The minimum Gasteiger partial charge on any atom is -0.389 e. The largest absolute Gasteiger partial charge is 0.389 e. The summed E-state index contributed by atoms with van der Waals surface area (Å²) in [6.45, 7) is 3.12. The highest BCUT2D eigenvalue weighted by Crippen LogP contribution is 2.33. The van der Waals surface area contributed by atoms with Gasteiger partial charge in [0.15, 0.2) is 0 Å². The number of rotatable bonds is 3. The molecule has 0 aromatic heterocycles. The number of aliphatic hydroxyl groups excluding tert-OH is 1. The number of halogens is 1. The molecule has 2 nitrogen and oxygen atoms in total. The van der Waals surface area contributed by atoms with Crippen molar-refractivity contribution >= 4 is 11.8 Å². The standard InChI is InChI=1S/C11H13FO2S/c1-7(13)10-4-8(12)2-3-11(10)15-9-5-14-6-9/h2-4,7,9,13H,5-6H2,1H3. The van der Waals surface area contributed by atoms with E-state index in [-0.39, 0.29) is 5.82 Å². The second-order valence-corrected chi connectivity index (χ2v) is 4.98. The Balaban J connectivity index is 2.20. The molecule has 0 aliphatic carbocycles. The normalized spacial score (nSPS) is 18.6. The molecule has 0 spiro atoms. The first kappa shape index (κ1) is 10.9. The second kappa shape index (κ2) is 4.51. The summed E-state index contributed by atoms with van der Waals surface area (Å²) in [5.74, 6) is -0.305. The van der Waals surface area contributed by atoms with E-state index in [1.165, 1.54) is 12.1 Å². The monoisotopic (exact) mass is 228 g/mol. The van der Waals surface area contributed by atoms with Gasteiger partial charge in [0.1, 0.15) is 5.82 Å². The predicted octanol–water partition coefficient (Wildman–Crippen LogP) is 2.37. The van der Waals surface area contributed by atoms with E-state index in [0.29, 0.717) is 10.8 Å². The van der Waals surface area contributed by atoms with Crippen LogP contribution >= 0.6 is 11.8 Å². The van der Waals surface area contributed by atoms with Crippen LogP contribution in [0.5, 0.6) is 0 Å². The summed E-state index contributed by atoms with van der Waals surface area (Å²) >= 11 is 1.64. The Kier molecular flexibility index (Phi) is 3.29. The smallest absolute Gasteiger partial charge is 0.123 e. The first-order chi connectivity index (χ1) is 7.16. The molecule has 1 atom stereocenters. The van der Waals surface area contributed by atoms with E-state index in [9.17, 15) is 9.50 Å². The molecule has 1 heterocycles. The van der Waals surface area contributed by atoms with Gasteiger partial charge in [-0.05, 0) is 30.7 Å². The maximum absolute atomic E-state index is 13.0. The van der Waals surface area contributed by atoms with Crippen molar-refractivity contribution in [3.05, 3.63) is 29.6 Å². The zero-order valence-electron chi connectivity index (χ0n) is 8.44. The van der Waals surface area contributed by atoms with Crippen molar-refractivity contribution < 1.29 is 14.2 Å². The quantitative estimate of drug-likeness (QED) is 0.861. The average molecular weight is 228 g/mol. The van der Waals surface area contributed by atoms with E-state index in [1.807, 2.05) is 0 Å². The molecule has 1 saturated heterocycles. The third-order valence-corrected chi connectivity index (χ3v) is 3.55. The Hall–Kier alpha value is -0.580. The molecule has 4 heteroatoms. The molecule has 0 radical (unpaired) electrons. The van der Waals surface area contributed by atoms with Crippen LogP contribution < -0.4 is 0 Å². The molecule has 82 valence electrons. The van der Waals surface area contributed by atoms with Crippen molar-refractivity contribution in [3.8, 4) is 0 Å². The summed E-state index contributed by atoms with van der Waals surface area (Å²) in [7, 11) is 0. The third-order valence-electron chi connectivity index (χ3n) is 2.32. The number of hydrogen-bond acceptors (Lipinski definition) is 3. The second-order valence-electron chi connectivity index (χ2n) is 3.64. The first-order valence-corrected chi connectivity index (χ1v) is 5.76. The lowest BCUT2D eigenvalue weighted by Crippen LogP contribution is -2.30. The minimum absolute atomic E-state index is 0.305. The fourth-order valence-corrected chi connectivity index (χ4v) is 2.61. The minimum atomic E-state index is -0.635. The van der Waals surface area contributed by atoms with Crippen LogP contribution in [0.2, 0.25) is 0 Å². The van der Waals surface area contributed by atoms with Crippen molar-refractivity contribution in [1.82, 2.24) is 0 Å². The first-order valence-electron chi connectivity index (χ1n) is 4.88. The molecule has 1 fully saturated rings. The summed E-state index contributed by atoms with van der Waals surface area (Å²) in [6, 6.07) is 4.54. The van der Waals surface area contributed by atoms with Crippen molar-refractivity contribution in [2.75, 3.05) is 13.2 Å². The van der Waals surface area contributed by atoms with E-state index in [0.717, 1.165) is 18.1 Å². The predicted molar refractivity (Wildman–Crippen MR) is 57.5 cm³/mol. The van der Waals surface area contributed by atoms with Gasteiger partial charge in [0.2, 0.25) is 0 Å². The van der Waals surface area contributed by atoms with Gasteiger partial charge in [-0.15, -0.1) is 11.8 Å². The Morgan fingerprint density at radius 1 is 1.53 bits per heavy atom. The molecule has 1 aromatic carbocycles. The number of hydrogen-bond donors (Lipinski definition) is 1. The number of benzene rings is 1. The Morgan fingerprint density at radius 3 is 2.80 bits per heavy atom. The van der Waals surface area contributed by atoms with Gasteiger partial charge in [-0.2, -0.15) is 0 Å². The van der Waals surface area contributed by atoms with Crippen LogP contribution in [0.1, 0.15) is 18.6 Å². The zero-order valence-corrected chi connectivity index (χ0v) is 9.26. The molecule has 1 unspecified atom stereocenters. The maximum Gasteiger partial charge on any atom is 0.123 e. The number of aliphatic hydroxyl groups is 1. The van der Waals surface area contributed by atoms with Crippen LogP contribution in [0.15, 0.2) is 23.1 Å². The molecule has 1 aliphatic rings. The third kappa shape index (κ3) is 2.51. The maximum atomic E-state index is 13.0. The summed E-state index contributed by atoms with van der Waals surface area (Å²) in [5, 5.41) is 9.96. The molecule has 0 amide bonds. The van der Waals surface area contributed by atoms with Crippen LogP contribution in [-0.4, -0.2) is 23.6 Å². The van der Waals surface area contributed by atoms with Crippen LogP contribution in [0.25, 0.3) is 0 Å². The molecule has 0 bridgehead atoms. The van der Waals surface area contributed by atoms with E-state index >= 15 is 0 Å². The lowest BCUT2D eigenvalue weighted by atomic mass is 10.1. The summed E-state index contributed by atoms with van der Waals surface area (Å²) in [4.78, 5) is 0.944. The molecule has 1 N–H and O–H groups in total. The summed E-state index contributed by atoms with van der Waals surface area (Å²) < 4.78 is 18.1. The zero-order chi connectivity index (χ0) is 10.8. The van der Waals surface area contributed by atoms with Crippen molar-refractivity contribution in [3.63, 3.8) is 0 Å². The van der Waals surface area contributed by atoms with Gasteiger partial charge in [0.05, 0.1) is 24.6 Å². The lowest BCUT2D eigenvalue weighted by Gasteiger charge is -2.26. The van der Waals surface area contributed by atoms with Crippen molar-refractivity contribution in [1.29, 1.82) is 0 Å². The van der Waals surface area contributed by atoms with Gasteiger partial charge in [0.25, 0.3) is 0 Å². The van der Waals surface area contributed by atoms with Crippen LogP contribution in [-0.2, 0) is 4.74 Å². The SMILES string of the molecule is CC(O)c1cc(F)ccc1SC1COC1. The molecular formula is C11H13FO2S. The van der Waals surface area contributed by atoms with E-state index in [2.05, 4.69) is 0 Å². The fraction of sp³-hybridized carbons (Fsp3) is 0.455. The van der Waals surface area contributed by atoms with E-state index < -0.39 is 6.10 Å². The van der Waals surface area contributed by atoms with Gasteiger partial charge in [-0.1, -0.05) is 0 Å². The van der Waals surface area contributed by atoms with Crippen LogP contribution in [0.3, 0.4) is 0 Å². The Labute approximate surface area is 92.4 Å². The lowest BCUT2D eigenvalue weighted by molar-refractivity contribution is 0.0455. The summed E-state index contributed by atoms with van der Waals surface area (Å²) in [5.41, 5.74) is 0.659. The molecule has 0 saturated carbocycles. The summed E-state index contributed by atoms with van der Waals surface area (Å²) in [6.07, 6.45) is -0.635. The van der Waals surface area contributed by atoms with Gasteiger partial charge >= 0.3 is 0 Å². The Bertz CT molecular complexity index is 350. The molecule has 1 aliphatic heterocycles. The molecular weight excluding hydrogens is 215 g/mol.